The molecule has 96 valence electrons. The number of nitrogens with zero attached hydrogens (tertiary/aromatic N) is 1. The van der Waals surface area contributed by atoms with Crippen molar-refractivity contribution in [2.45, 2.75) is 11.8 Å². The molecule has 0 spiro atoms. The van der Waals surface area contributed by atoms with Gasteiger partial charge in [-0.05, 0) is 19.1 Å². The lowest BCUT2D eigenvalue weighted by molar-refractivity contribution is -0.131. The van der Waals surface area contributed by atoms with Gasteiger partial charge in [-0.25, -0.2) is 13.4 Å². The molecule has 0 amide bonds. The number of carboxylic acid groups (broad SMARTS) is 1. The molecule has 2 rings (SSSR count). The van der Waals surface area contributed by atoms with Crippen molar-refractivity contribution < 1.29 is 18.5 Å². The minimum atomic E-state index is -1.90. The van der Waals surface area contributed by atoms with E-state index in [0.717, 1.165) is 6.07 Å². The van der Waals surface area contributed by atoms with Gasteiger partial charge in [-0.15, -0.1) is 0 Å². The van der Waals surface area contributed by atoms with Crippen LogP contribution in [0.15, 0.2) is 28.1 Å². The summed E-state index contributed by atoms with van der Waals surface area (Å²) in [6, 6.07) is 2.37. The van der Waals surface area contributed by atoms with Crippen LogP contribution in [0.2, 0.25) is 5.02 Å². The van der Waals surface area contributed by atoms with Crippen molar-refractivity contribution in [1.82, 2.24) is 0 Å². The number of aliphatic carboxylic acids is 1. The molecular weight excluding hydrogens is 281 g/mol. The maximum absolute atomic E-state index is 13.4. The lowest BCUT2D eigenvalue weighted by Crippen LogP contribution is -2.25. The van der Waals surface area contributed by atoms with Crippen LogP contribution in [-0.4, -0.2) is 21.8 Å². The van der Waals surface area contributed by atoms with Crippen LogP contribution >= 0.6 is 11.6 Å². The van der Waals surface area contributed by atoms with Crippen LogP contribution in [0, 0.1) is 5.82 Å². The quantitative estimate of drug-likeness (QED) is 0.908. The monoisotopic (exact) mass is 289 g/mol. The van der Waals surface area contributed by atoms with Gasteiger partial charge in [0, 0.05) is 12.7 Å². The van der Waals surface area contributed by atoms with Crippen molar-refractivity contribution in [2.75, 3.05) is 11.4 Å². The molecule has 0 radical (unpaired) electrons. The number of fused-ring (bicyclic) bond motifs is 1. The third kappa shape index (κ3) is 2.02. The Morgan fingerprint density at radius 2 is 2.22 bits per heavy atom. The zero-order valence-electron chi connectivity index (χ0n) is 9.31. The number of hydrogen-bond acceptors (Lipinski definition) is 3. The molecule has 1 heterocycles. The first-order chi connectivity index (χ1) is 8.45. The Hall–Kier alpha value is -1.40. The molecule has 18 heavy (non-hydrogen) atoms. The summed E-state index contributed by atoms with van der Waals surface area (Å²) in [7, 11) is -1.90. The van der Waals surface area contributed by atoms with Crippen LogP contribution in [0.4, 0.5) is 10.1 Å². The lowest BCUT2D eigenvalue weighted by Gasteiger charge is -2.26. The van der Waals surface area contributed by atoms with Gasteiger partial charge >= 0.3 is 5.97 Å². The Morgan fingerprint density at radius 1 is 1.56 bits per heavy atom. The van der Waals surface area contributed by atoms with Gasteiger partial charge in [-0.1, -0.05) is 11.6 Å². The smallest absolute Gasteiger partial charge is 0.346 e. The molecule has 0 aliphatic carbocycles. The van der Waals surface area contributed by atoms with Gasteiger partial charge in [-0.2, -0.15) is 0 Å². The van der Waals surface area contributed by atoms with Crippen LogP contribution in [-0.2, 0) is 15.6 Å². The fourth-order valence-electron chi connectivity index (χ4n) is 1.66. The number of carboxylic acids is 1. The van der Waals surface area contributed by atoms with E-state index in [4.69, 9.17) is 16.7 Å². The Labute approximate surface area is 110 Å². The van der Waals surface area contributed by atoms with Crippen LogP contribution in [0.5, 0.6) is 0 Å². The number of benzene rings is 1. The minimum absolute atomic E-state index is 0.0867. The minimum Gasteiger partial charge on any atom is -0.477 e. The second-order valence-electron chi connectivity index (χ2n) is 3.59. The maximum atomic E-state index is 13.4. The van der Waals surface area contributed by atoms with Crippen molar-refractivity contribution in [3.8, 4) is 0 Å². The first-order valence-corrected chi connectivity index (χ1v) is 6.61. The summed E-state index contributed by atoms with van der Waals surface area (Å²) in [5, 5.41) is 8.88. The van der Waals surface area contributed by atoms with Crippen LogP contribution < -0.4 is 4.90 Å². The summed E-state index contributed by atoms with van der Waals surface area (Å²) in [5.41, 5.74) is 0.465. The number of rotatable bonds is 2. The molecule has 1 aliphatic rings. The number of hydrogen-bond donors (Lipinski definition) is 1. The Kier molecular flexibility index (Phi) is 3.41. The van der Waals surface area contributed by atoms with E-state index < -0.39 is 22.6 Å². The third-order valence-electron chi connectivity index (χ3n) is 2.54. The topological polar surface area (TPSA) is 57.6 Å². The Balaban J connectivity index is 2.65. The maximum Gasteiger partial charge on any atom is 0.346 e. The fraction of sp³-hybridized carbons (Fsp3) is 0.182. The van der Waals surface area contributed by atoms with Crippen molar-refractivity contribution >= 4 is 34.1 Å². The van der Waals surface area contributed by atoms with Crippen molar-refractivity contribution in [1.29, 1.82) is 0 Å². The van der Waals surface area contributed by atoms with Gasteiger partial charge in [0.1, 0.15) is 10.7 Å². The number of anilines is 1. The SMILES string of the molecule is CCN1C=C(C(=O)O)S(=O)c2cc(F)c(Cl)cc21. The average Bonchev–Trinajstić information content (AvgIpc) is 2.32. The largest absolute Gasteiger partial charge is 0.477 e. The molecule has 1 atom stereocenters. The highest BCUT2D eigenvalue weighted by molar-refractivity contribution is 7.90. The van der Waals surface area contributed by atoms with Gasteiger partial charge in [0.15, 0.2) is 0 Å². The second kappa shape index (κ2) is 4.70. The van der Waals surface area contributed by atoms with E-state index in [-0.39, 0.29) is 14.8 Å². The van der Waals surface area contributed by atoms with Crippen LogP contribution in [0.1, 0.15) is 6.92 Å². The molecule has 0 aromatic heterocycles. The number of carbonyl (C=O) groups is 1. The summed E-state index contributed by atoms with van der Waals surface area (Å²) in [4.78, 5) is 12.4. The van der Waals surface area contributed by atoms with Gasteiger partial charge in [0.25, 0.3) is 0 Å². The normalized spacial score (nSPS) is 18.3. The lowest BCUT2D eigenvalue weighted by atomic mass is 10.2. The van der Waals surface area contributed by atoms with E-state index in [1.807, 2.05) is 0 Å². The summed E-state index contributed by atoms with van der Waals surface area (Å²) in [6.45, 7) is 2.26. The number of halogens is 2. The predicted molar refractivity (Wildman–Crippen MR) is 66.6 cm³/mol. The second-order valence-corrected chi connectivity index (χ2v) is 5.41. The highest BCUT2D eigenvalue weighted by Crippen LogP contribution is 2.35. The first kappa shape index (κ1) is 13.0. The molecule has 4 nitrogen and oxygen atoms in total. The van der Waals surface area contributed by atoms with Crippen LogP contribution in [0.3, 0.4) is 0 Å². The summed E-state index contributed by atoms with van der Waals surface area (Å²) in [6.07, 6.45) is 1.29. The molecule has 0 fully saturated rings. The Morgan fingerprint density at radius 3 is 2.78 bits per heavy atom. The van der Waals surface area contributed by atoms with E-state index in [2.05, 4.69) is 0 Å². The molecular formula is C11H9ClFNO3S. The molecule has 0 saturated carbocycles. The molecule has 0 bridgehead atoms. The van der Waals surface area contributed by atoms with E-state index >= 15 is 0 Å². The van der Waals surface area contributed by atoms with E-state index in [9.17, 15) is 13.4 Å². The molecule has 0 saturated heterocycles. The van der Waals surface area contributed by atoms with Gasteiger partial charge in [0.2, 0.25) is 0 Å². The van der Waals surface area contributed by atoms with Crippen molar-refractivity contribution in [2.24, 2.45) is 0 Å². The highest BCUT2D eigenvalue weighted by atomic mass is 35.5. The highest BCUT2D eigenvalue weighted by Gasteiger charge is 2.28. The summed E-state index contributed by atoms with van der Waals surface area (Å²) < 4.78 is 25.4. The molecule has 7 heteroatoms. The summed E-state index contributed by atoms with van der Waals surface area (Å²) in [5.74, 6) is -2.00. The average molecular weight is 290 g/mol. The third-order valence-corrected chi connectivity index (χ3v) is 4.23. The van der Waals surface area contributed by atoms with Crippen LogP contribution in [0.25, 0.3) is 0 Å². The van der Waals surface area contributed by atoms with E-state index in [1.165, 1.54) is 12.3 Å². The van der Waals surface area contributed by atoms with Crippen molar-refractivity contribution in [3.63, 3.8) is 0 Å². The molecule has 1 aromatic carbocycles. The molecule has 1 N–H and O–H groups in total. The molecule has 1 unspecified atom stereocenters. The summed E-state index contributed by atoms with van der Waals surface area (Å²) >= 11 is 5.68. The van der Waals surface area contributed by atoms with Crippen molar-refractivity contribution in [3.05, 3.63) is 34.1 Å². The zero-order valence-corrected chi connectivity index (χ0v) is 10.9. The predicted octanol–water partition coefficient (Wildman–Crippen LogP) is 2.35. The van der Waals surface area contributed by atoms with Gasteiger partial charge < -0.3 is 10.0 Å². The zero-order chi connectivity index (χ0) is 13.4. The molecule has 1 aromatic rings. The van der Waals surface area contributed by atoms with E-state index in [1.54, 1.807) is 11.8 Å². The van der Waals surface area contributed by atoms with Gasteiger partial charge in [-0.3, -0.25) is 0 Å². The van der Waals surface area contributed by atoms with E-state index in [0.29, 0.717) is 12.2 Å². The Bertz CT molecular complexity index is 588. The molecule has 1 aliphatic heterocycles. The fourth-order valence-corrected chi connectivity index (χ4v) is 3.02. The van der Waals surface area contributed by atoms with Gasteiger partial charge in [0.05, 0.1) is 26.4 Å². The first-order valence-electron chi connectivity index (χ1n) is 5.08. The standard InChI is InChI=1S/C11H9ClFNO3S/c1-2-14-5-10(11(15)16)18(17)9-4-7(13)6(12)3-8(9)14/h3-5H,2H2,1H3,(H,15,16).